The highest BCUT2D eigenvalue weighted by Crippen LogP contribution is 2.24. The molecule has 3 nitrogen and oxygen atoms in total. The number of hydrogen-bond donors (Lipinski definition) is 3. The Balaban J connectivity index is 2.60. The van der Waals surface area contributed by atoms with Crippen molar-refractivity contribution in [2.75, 3.05) is 6.54 Å². The van der Waals surface area contributed by atoms with E-state index in [9.17, 15) is 5.11 Å². The molecular formula is C13H28N2O. The zero-order chi connectivity index (χ0) is 12.3. The van der Waals surface area contributed by atoms with Crippen molar-refractivity contribution in [3.05, 3.63) is 0 Å². The monoisotopic (exact) mass is 228 g/mol. The van der Waals surface area contributed by atoms with Gasteiger partial charge in [0.1, 0.15) is 0 Å². The molecule has 6 atom stereocenters. The van der Waals surface area contributed by atoms with E-state index in [4.69, 9.17) is 0 Å². The van der Waals surface area contributed by atoms with E-state index < -0.39 is 0 Å². The lowest BCUT2D eigenvalue weighted by atomic mass is 9.80. The second kappa shape index (κ2) is 5.99. The third-order valence-electron chi connectivity index (χ3n) is 4.31. The Morgan fingerprint density at radius 1 is 1.25 bits per heavy atom. The Labute approximate surface area is 100 Å². The molecule has 0 aromatic rings. The normalized spacial score (nSPS) is 36.8. The van der Waals surface area contributed by atoms with Crippen LogP contribution in [0, 0.1) is 11.8 Å². The van der Waals surface area contributed by atoms with Crippen LogP contribution in [0.1, 0.15) is 41.0 Å². The van der Waals surface area contributed by atoms with Crippen molar-refractivity contribution >= 4 is 0 Å². The van der Waals surface area contributed by atoms with Crippen LogP contribution >= 0.6 is 0 Å². The first-order chi connectivity index (χ1) is 7.47. The lowest BCUT2D eigenvalue weighted by Gasteiger charge is -2.41. The molecule has 3 heteroatoms. The maximum atomic E-state index is 9.72. The van der Waals surface area contributed by atoms with Gasteiger partial charge in [0.15, 0.2) is 0 Å². The van der Waals surface area contributed by atoms with Gasteiger partial charge in [-0.15, -0.1) is 0 Å². The summed E-state index contributed by atoms with van der Waals surface area (Å²) in [7, 11) is 0. The number of rotatable bonds is 4. The summed E-state index contributed by atoms with van der Waals surface area (Å²) in [6, 6.07) is 1.53. The van der Waals surface area contributed by atoms with Crippen LogP contribution in [-0.4, -0.2) is 35.9 Å². The Hall–Kier alpha value is -0.120. The number of nitrogens with one attached hydrogen (secondary N) is 2. The van der Waals surface area contributed by atoms with Gasteiger partial charge in [-0.1, -0.05) is 20.3 Å². The van der Waals surface area contributed by atoms with E-state index in [1.54, 1.807) is 0 Å². The van der Waals surface area contributed by atoms with Crippen molar-refractivity contribution in [3.8, 4) is 0 Å². The van der Waals surface area contributed by atoms with Gasteiger partial charge >= 0.3 is 0 Å². The van der Waals surface area contributed by atoms with Crippen molar-refractivity contribution in [1.82, 2.24) is 10.6 Å². The molecule has 1 aliphatic heterocycles. The van der Waals surface area contributed by atoms with Gasteiger partial charge in [-0.05, 0) is 32.6 Å². The summed E-state index contributed by atoms with van der Waals surface area (Å²) in [5.41, 5.74) is 0. The van der Waals surface area contributed by atoms with E-state index in [-0.39, 0.29) is 6.10 Å². The molecule has 1 saturated heterocycles. The average molecular weight is 228 g/mol. The molecule has 0 bridgehead atoms. The molecule has 0 radical (unpaired) electrons. The van der Waals surface area contributed by atoms with Crippen molar-refractivity contribution in [2.45, 2.75) is 65.3 Å². The molecule has 0 amide bonds. The molecule has 0 aliphatic carbocycles. The van der Waals surface area contributed by atoms with Gasteiger partial charge in [0.2, 0.25) is 0 Å². The molecule has 0 aromatic heterocycles. The maximum absolute atomic E-state index is 9.72. The molecule has 3 N–H and O–H groups in total. The predicted molar refractivity (Wildman–Crippen MR) is 68.5 cm³/mol. The van der Waals surface area contributed by atoms with E-state index in [1.165, 1.54) is 0 Å². The van der Waals surface area contributed by atoms with Crippen LogP contribution in [0.25, 0.3) is 0 Å². The van der Waals surface area contributed by atoms with E-state index in [1.807, 2.05) is 6.92 Å². The molecule has 6 unspecified atom stereocenters. The predicted octanol–water partition coefficient (Wildman–Crippen LogP) is 1.37. The summed E-state index contributed by atoms with van der Waals surface area (Å²) in [4.78, 5) is 0. The fourth-order valence-electron chi connectivity index (χ4n) is 2.69. The molecule has 0 aromatic carbocycles. The zero-order valence-corrected chi connectivity index (χ0v) is 11.3. The minimum Gasteiger partial charge on any atom is -0.393 e. The largest absolute Gasteiger partial charge is 0.393 e. The first-order valence-electron chi connectivity index (χ1n) is 6.64. The molecule has 16 heavy (non-hydrogen) atoms. The standard InChI is InChI=1S/C13H28N2O/c1-6-12(8(2)11(5)16)13-7-14-9(3)10(4)15-13/h8-16H,6-7H2,1-5H3. The van der Waals surface area contributed by atoms with Crippen LogP contribution in [-0.2, 0) is 0 Å². The lowest BCUT2D eigenvalue weighted by molar-refractivity contribution is 0.0711. The maximum Gasteiger partial charge on any atom is 0.0540 e. The second-order valence-electron chi connectivity index (χ2n) is 5.43. The van der Waals surface area contributed by atoms with E-state index in [0.29, 0.717) is 30.0 Å². The topological polar surface area (TPSA) is 44.3 Å². The van der Waals surface area contributed by atoms with E-state index >= 15 is 0 Å². The van der Waals surface area contributed by atoms with E-state index in [2.05, 4.69) is 38.3 Å². The molecular weight excluding hydrogens is 200 g/mol. The van der Waals surface area contributed by atoms with Crippen LogP contribution in [0.15, 0.2) is 0 Å². The number of aliphatic hydroxyl groups excluding tert-OH is 1. The van der Waals surface area contributed by atoms with Crippen molar-refractivity contribution in [1.29, 1.82) is 0 Å². The van der Waals surface area contributed by atoms with Gasteiger partial charge in [0.25, 0.3) is 0 Å². The Morgan fingerprint density at radius 3 is 2.31 bits per heavy atom. The van der Waals surface area contributed by atoms with Crippen LogP contribution in [0.2, 0.25) is 0 Å². The van der Waals surface area contributed by atoms with Crippen LogP contribution in [0.4, 0.5) is 0 Å². The van der Waals surface area contributed by atoms with Crippen LogP contribution < -0.4 is 10.6 Å². The third-order valence-corrected chi connectivity index (χ3v) is 4.31. The molecule has 0 saturated carbocycles. The highest BCUT2D eigenvalue weighted by Gasteiger charge is 2.32. The molecule has 1 heterocycles. The summed E-state index contributed by atoms with van der Waals surface area (Å²) >= 11 is 0. The number of hydrogen-bond acceptors (Lipinski definition) is 3. The molecule has 1 fully saturated rings. The van der Waals surface area contributed by atoms with Gasteiger partial charge in [-0.25, -0.2) is 0 Å². The Kier molecular flexibility index (Phi) is 5.22. The van der Waals surface area contributed by atoms with Crippen LogP contribution in [0.5, 0.6) is 0 Å². The summed E-state index contributed by atoms with van der Waals surface area (Å²) < 4.78 is 0. The first-order valence-corrected chi connectivity index (χ1v) is 6.64. The summed E-state index contributed by atoms with van der Waals surface area (Å²) in [5.74, 6) is 0.896. The average Bonchev–Trinajstić information content (AvgIpc) is 2.24. The molecule has 1 aliphatic rings. The van der Waals surface area contributed by atoms with Gasteiger partial charge < -0.3 is 15.7 Å². The fourth-order valence-corrected chi connectivity index (χ4v) is 2.69. The Bertz CT molecular complexity index is 208. The number of piperazine rings is 1. The van der Waals surface area contributed by atoms with Gasteiger partial charge in [0, 0.05) is 24.7 Å². The summed E-state index contributed by atoms with van der Waals surface area (Å²) in [5, 5.41) is 16.9. The van der Waals surface area contributed by atoms with Gasteiger partial charge in [-0.2, -0.15) is 0 Å². The Morgan fingerprint density at radius 2 is 1.88 bits per heavy atom. The number of aliphatic hydroxyl groups is 1. The minimum atomic E-state index is -0.221. The van der Waals surface area contributed by atoms with Crippen molar-refractivity contribution in [2.24, 2.45) is 11.8 Å². The van der Waals surface area contributed by atoms with E-state index in [0.717, 1.165) is 13.0 Å². The smallest absolute Gasteiger partial charge is 0.0540 e. The fraction of sp³-hybridized carbons (Fsp3) is 1.00. The van der Waals surface area contributed by atoms with Gasteiger partial charge in [0.05, 0.1) is 6.10 Å². The molecule has 0 spiro atoms. The minimum absolute atomic E-state index is 0.221. The van der Waals surface area contributed by atoms with Crippen molar-refractivity contribution < 1.29 is 5.11 Å². The zero-order valence-electron chi connectivity index (χ0n) is 11.3. The first kappa shape index (κ1) is 13.9. The van der Waals surface area contributed by atoms with Gasteiger partial charge in [-0.3, -0.25) is 0 Å². The third kappa shape index (κ3) is 3.19. The second-order valence-corrected chi connectivity index (χ2v) is 5.43. The summed E-state index contributed by atoms with van der Waals surface area (Å²) in [6.07, 6.45) is 0.897. The molecule has 96 valence electrons. The summed E-state index contributed by atoms with van der Waals surface area (Å²) in [6.45, 7) is 11.7. The molecule has 1 rings (SSSR count). The SMILES string of the molecule is CCC(C1CNC(C)C(C)N1)C(C)C(C)O. The van der Waals surface area contributed by atoms with Crippen LogP contribution in [0.3, 0.4) is 0 Å². The quantitative estimate of drug-likeness (QED) is 0.681. The highest BCUT2D eigenvalue weighted by molar-refractivity contribution is 4.92. The highest BCUT2D eigenvalue weighted by atomic mass is 16.3. The lowest BCUT2D eigenvalue weighted by Crippen LogP contribution is -2.61. The van der Waals surface area contributed by atoms with Crippen molar-refractivity contribution in [3.63, 3.8) is 0 Å².